The summed E-state index contributed by atoms with van der Waals surface area (Å²) >= 11 is 2.83. The predicted octanol–water partition coefficient (Wildman–Crippen LogP) is 3.01. The fraction of sp³-hybridized carbons (Fsp3) is 0.500. The highest BCUT2D eigenvalue weighted by atomic mass is 32.2. The molecule has 148 valence electrons. The Bertz CT molecular complexity index is 1020. The van der Waals surface area contributed by atoms with Gasteiger partial charge in [0.15, 0.2) is 5.16 Å². The van der Waals surface area contributed by atoms with E-state index in [9.17, 15) is 14.4 Å². The van der Waals surface area contributed by atoms with Crippen LogP contribution in [0.1, 0.15) is 36.6 Å². The average Bonchev–Trinajstić information content (AvgIpc) is 3.25. The van der Waals surface area contributed by atoms with Crippen LogP contribution in [0.3, 0.4) is 0 Å². The van der Waals surface area contributed by atoms with Crippen molar-refractivity contribution >= 4 is 45.1 Å². The van der Waals surface area contributed by atoms with Crippen LogP contribution < -0.4 is 5.56 Å². The molecule has 0 N–H and O–H groups in total. The van der Waals surface area contributed by atoms with E-state index in [1.54, 1.807) is 22.0 Å². The molecule has 4 rings (SSSR count). The highest BCUT2D eigenvalue weighted by Crippen LogP contribution is 2.36. The first kappa shape index (κ1) is 19.4. The number of thioether (sulfide) groups is 1. The van der Waals surface area contributed by atoms with Crippen LogP contribution in [0.5, 0.6) is 0 Å². The summed E-state index contributed by atoms with van der Waals surface area (Å²) in [5, 5.41) is 1.25. The first-order valence-electron chi connectivity index (χ1n) is 9.61. The molecule has 1 fully saturated rings. The highest BCUT2D eigenvalue weighted by molar-refractivity contribution is 7.99. The van der Waals surface area contributed by atoms with Crippen molar-refractivity contribution in [2.24, 2.45) is 5.92 Å². The normalized spacial score (nSPS) is 19.2. The van der Waals surface area contributed by atoms with Gasteiger partial charge in [0.1, 0.15) is 4.83 Å². The summed E-state index contributed by atoms with van der Waals surface area (Å²) < 4.78 is 1.60. The van der Waals surface area contributed by atoms with Crippen LogP contribution in [-0.4, -0.2) is 38.6 Å². The average molecular weight is 418 g/mol. The Labute approximate surface area is 171 Å². The minimum atomic E-state index is -0.216. The van der Waals surface area contributed by atoms with Gasteiger partial charge in [-0.05, 0) is 37.2 Å². The predicted molar refractivity (Wildman–Crippen MR) is 112 cm³/mol. The largest absolute Gasteiger partial charge is 0.283 e. The van der Waals surface area contributed by atoms with Gasteiger partial charge in [0, 0.05) is 24.4 Å². The van der Waals surface area contributed by atoms with Crippen molar-refractivity contribution in [3.63, 3.8) is 0 Å². The summed E-state index contributed by atoms with van der Waals surface area (Å²) in [6.45, 7) is 6.83. The minimum absolute atomic E-state index is 0.0517. The summed E-state index contributed by atoms with van der Waals surface area (Å²) in [6.07, 6.45) is 5.83. The van der Waals surface area contributed by atoms with Crippen molar-refractivity contribution in [1.29, 1.82) is 0 Å². The monoisotopic (exact) mass is 417 g/mol. The second-order valence-corrected chi connectivity index (χ2v) is 9.49. The molecule has 2 amide bonds. The molecule has 0 spiro atoms. The number of allylic oxidation sites excluding steroid dienone is 1. The zero-order valence-electron chi connectivity index (χ0n) is 15.9. The molecule has 0 saturated carbocycles. The molecular formula is C20H23N3O3S2. The second-order valence-electron chi connectivity index (χ2n) is 7.46. The first-order valence-corrected chi connectivity index (χ1v) is 11.4. The molecule has 6 nitrogen and oxygen atoms in total. The summed E-state index contributed by atoms with van der Waals surface area (Å²) in [4.78, 5) is 45.5. The molecule has 1 atom stereocenters. The van der Waals surface area contributed by atoms with Gasteiger partial charge in [0.25, 0.3) is 5.56 Å². The Hall–Kier alpha value is -1.93. The number of amides is 2. The van der Waals surface area contributed by atoms with E-state index in [1.807, 2.05) is 0 Å². The van der Waals surface area contributed by atoms with Crippen LogP contribution >= 0.6 is 23.1 Å². The number of likely N-dealkylation sites (tertiary alicyclic amines) is 1. The third kappa shape index (κ3) is 3.43. The lowest BCUT2D eigenvalue weighted by Crippen LogP contribution is -2.33. The molecule has 0 radical (unpaired) electrons. The van der Waals surface area contributed by atoms with Crippen LogP contribution in [0.25, 0.3) is 10.2 Å². The smallest absolute Gasteiger partial charge is 0.263 e. The summed E-state index contributed by atoms with van der Waals surface area (Å²) in [7, 11) is 0. The van der Waals surface area contributed by atoms with Crippen LogP contribution in [0.2, 0.25) is 0 Å². The SMILES string of the molecule is C=CCn1c(SCC(=O)N2CCCC2=O)nc2sc3c(c2c1=O)CC[C@H](C)C3. The van der Waals surface area contributed by atoms with Crippen molar-refractivity contribution in [1.82, 2.24) is 14.5 Å². The number of aryl methyl sites for hydroxylation is 1. The van der Waals surface area contributed by atoms with Crippen molar-refractivity contribution < 1.29 is 9.59 Å². The maximum Gasteiger partial charge on any atom is 0.263 e. The van der Waals surface area contributed by atoms with Crippen LogP contribution in [-0.2, 0) is 29.0 Å². The zero-order chi connectivity index (χ0) is 19.8. The molecule has 0 aromatic carbocycles. The zero-order valence-corrected chi connectivity index (χ0v) is 17.5. The number of nitrogens with zero attached hydrogens (tertiary/aromatic N) is 3. The van der Waals surface area contributed by atoms with Crippen LogP contribution in [0.15, 0.2) is 22.6 Å². The molecular weight excluding hydrogens is 394 g/mol. The van der Waals surface area contributed by atoms with E-state index in [1.165, 1.54) is 21.5 Å². The summed E-state index contributed by atoms with van der Waals surface area (Å²) in [5.74, 6) is 0.396. The molecule has 1 aliphatic carbocycles. The number of hydrogen-bond donors (Lipinski definition) is 0. The van der Waals surface area contributed by atoms with Gasteiger partial charge in [0.05, 0.1) is 11.1 Å². The molecule has 28 heavy (non-hydrogen) atoms. The molecule has 0 unspecified atom stereocenters. The number of carbonyl (C=O) groups is 2. The fourth-order valence-corrected chi connectivity index (χ4v) is 6.23. The number of fused-ring (bicyclic) bond motifs is 3. The first-order chi connectivity index (χ1) is 13.5. The van der Waals surface area contributed by atoms with Gasteiger partial charge in [0.2, 0.25) is 11.8 Å². The number of carbonyl (C=O) groups excluding carboxylic acids is 2. The van der Waals surface area contributed by atoms with Gasteiger partial charge in [-0.25, -0.2) is 4.98 Å². The lowest BCUT2D eigenvalue weighted by molar-refractivity contribution is -0.140. The fourth-order valence-electron chi connectivity index (χ4n) is 3.92. The third-order valence-electron chi connectivity index (χ3n) is 5.39. The second kappa shape index (κ2) is 7.83. The lowest BCUT2D eigenvalue weighted by atomic mass is 9.89. The number of imide groups is 1. The standard InChI is InChI=1S/C20H23N3O3S2/c1-3-8-23-19(26)17-13-7-6-12(2)10-14(13)28-18(17)21-20(23)27-11-16(25)22-9-4-5-15(22)24/h3,12H,1,4-11H2,2H3/t12-/m0/s1. The van der Waals surface area contributed by atoms with Gasteiger partial charge in [-0.1, -0.05) is 24.8 Å². The molecule has 2 aromatic heterocycles. The van der Waals surface area contributed by atoms with E-state index >= 15 is 0 Å². The molecule has 2 aliphatic rings. The molecule has 0 bridgehead atoms. The maximum atomic E-state index is 13.2. The Balaban J connectivity index is 1.68. The van der Waals surface area contributed by atoms with E-state index < -0.39 is 0 Å². The van der Waals surface area contributed by atoms with Gasteiger partial charge >= 0.3 is 0 Å². The number of rotatable bonds is 5. The number of hydrogen-bond acceptors (Lipinski definition) is 6. The van der Waals surface area contributed by atoms with E-state index in [4.69, 9.17) is 4.98 Å². The number of aromatic nitrogens is 2. The molecule has 3 heterocycles. The van der Waals surface area contributed by atoms with Crippen LogP contribution in [0.4, 0.5) is 0 Å². The molecule has 1 saturated heterocycles. The molecule has 1 aliphatic heterocycles. The molecule has 8 heteroatoms. The Kier molecular flexibility index (Phi) is 5.42. The van der Waals surface area contributed by atoms with Gasteiger partial charge in [-0.2, -0.15) is 0 Å². The maximum absolute atomic E-state index is 13.2. The van der Waals surface area contributed by atoms with Gasteiger partial charge in [-0.3, -0.25) is 23.9 Å². The van der Waals surface area contributed by atoms with E-state index in [-0.39, 0.29) is 23.1 Å². The highest BCUT2D eigenvalue weighted by Gasteiger charge is 2.28. The van der Waals surface area contributed by atoms with Crippen molar-refractivity contribution in [3.8, 4) is 0 Å². The van der Waals surface area contributed by atoms with Crippen molar-refractivity contribution in [2.75, 3.05) is 12.3 Å². The lowest BCUT2D eigenvalue weighted by Gasteiger charge is -2.17. The quantitative estimate of drug-likeness (QED) is 0.425. The summed E-state index contributed by atoms with van der Waals surface area (Å²) in [6, 6.07) is 0. The Morgan fingerprint density at radius 2 is 2.21 bits per heavy atom. The van der Waals surface area contributed by atoms with Crippen molar-refractivity contribution in [2.45, 2.75) is 50.7 Å². The number of thiophene rings is 1. The summed E-state index contributed by atoms with van der Waals surface area (Å²) in [5.41, 5.74) is 1.10. The van der Waals surface area contributed by atoms with E-state index in [2.05, 4.69) is 13.5 Å². The molecule has 2 aromatic rings. The Morgan fingerprint density at radius 3 is 2.93 bits per heavy atom. The van der Waals surface area contributed by atoms with Crippen molar-refractivity contribution in [3.05, 3.63) is 33.4 Å². The van der Waals surface area contributed by atoms with Crippen LogP contribution in [0, 0.1) is 5.92 Å². The third-order valence-corrected chi connectivity index (χ3v) is 7.50. The minimum Gasteiger partial charge on any atom is -0.283 e. The van der Waals surface area contributed by atoms with Gasteiger partial charge in [-0.15, -0.1) is 17.9 Å². The van der Waals surface area contributed by atoms with E-state index in [0.29, 0.717) is 30.6 Å². The topological polar surface area (TPSA) is 72.3 Å². The van der Waals surface area contributed by atoms with E-state index in [0.717, 1.165) is 41.5 Å². The van der Waals surface area contributed by atoms with Gasteiger partial charge < -0.3 is 0 Å². The Morgan fingerprint density at radius 1 is 1.39 bits per heavy atom.